The molecule has 3 N–H and O–H groups in total. The zero-order valence-electron chi connectivity index (χ0n) is 15.1. The average Bonchev–Trinajstić information content (AvgIpc) is 3.12. The van der Waals surface area contributed by atoms with Gasteiger partial charge in [-0.1, -0.05) is 24.3 Å². The molecule has 0 aliphatic carbocycles. The molecule has 3 aromatic rings. The van der Waals surface area contributed by atoms with Crippen molar-refractivity contribution in [3.63, 3.8) is 0 Å². The number of nitrogens with one attached hydrogen (secondary N) is 3. The number of thiazole rings is 1. The van der Waals surface area contributed by atoms with Crippen molar-refractivity contribution in [2.75, 3.05) is 24.2 Å². The van der Waals surface area contributed by atoms with Crippen LogP contribution >= 0.6 is 11.3 Å². The van der Waals surface area contributed by atoms with E-state index < -0.39 is 0 Å². The first-order valence-corrected chi connectivity index (χ1v) is 9.32. The molecule has 0 saturated carbocycles. The first-order chi connectivity index (χ1) is 13.1. The zero-order valence-corrected chi connectivity index (χ0v) is 15.9. The molecule has 0 aliphatic heterocycles. The molecule has 0 aliphatic rings. The van der Waals surface area contributed by atoms with Crippen LogP contribution in [0.5, 0.6) is 0 Å². The number of carbonyl (C=O) groups excluding carboxylic acids is 2. The number of benzene rings is 2. The third kappa shape index (κ3) is 4.71. The molecule has 0 atom stereocenters. The van der Waals surface area contributed by atoms with Crippen LogP contribution in [0.1, 0.15) is 15.4 Å². The first-order valence-electron chi connectivity index (χ1n) is 8.44. The smallest absolute Gasteiger partial charge is 0.253 e. The summed E-state index contributed by atoms with van der Waals surface area (Å²) in [6.07, 6.45) is 0. The van der Waals surface area contributed by atoms with Gasteiger partial charge in [-0.15, -0.1) is 11.3 Å². The molecule has 27 heavy (non-hydrogen) atoms. The van der Waals surface area contributed by atoms with Gasteiger partial charge in [-0.25, -0.2) is 4.98 Å². The molecular formula is C20H20N4O2S. The molecule has 0 unspecified atom stereocenters. The highest BCUT2D eigenvalue weighted by Crippen LogP contribution is 2.24. The number of para-hydroxylation sites is 1. The molecule has 0 spiro atoms. The summed E-state index contributed by atoms with van der Waals surface area (Å²) in [6, 6.07) is 14.6. The van der Waals surface area contributed by atoms with Gasteiger partial charge in [-0.3, -0.25) is 9.59 Å². The van der Waals surface area contributed by atoms with E-state index in [1.807, 2.05) is 42.6 Å². The maximum atomic E-state index is 12.3. The van der Waals surface area contributed by atoms with E-state index >= 15 is 0 Å². The number of hydrogen-bond acceptors (Lipinski definition) is 5. The second-order valence-electron chi connectivity index (χ2n) is 5.86. The monoisotopic (exact) mass is 380 g/mol. The Morgan fingerprint density at radius 1 is 1.11 bits per heavy atom. The molecule has 2 aromatic carbocycles. The Morgan fingerprint density at radius 3 is 2.67 bits per heavy atom. The van der Waals surface area contributed by atoms with Crippen LogP contribution in [-0.2, 0) is 4.79 Å². The summed E-state index contributed by atoms with van der Waals surface area (Å²) in [7, 11) is 1.57. The predicted octanol–water partition coefficient (Wildman–Crippen LogP) is 3.53. The van der Waals surface area contributed by atoms with E-state index in [1.165, 1.54) is 0 Å². The van der Waals surface area contributed by atoms with Crippen LogP contribution < -0.4 is 16.0 Å². The van der Waals surface area contributed by atoms with E-state index in [0.29, 0.717) is 16.9 Å². The van der Waals surface area contributed by atoms with Gasteiger partial charge in [0.2, 0.25) is 5.91 Å². The molecule has 1 heterocycles. The van der Waals surface area contributed by atoms with Crippen molar-refractivity contribution in [1.29, 1.82) is 0 Å². The summed E-state index contributed by atoms with van der Waals surface area (Å²) in [6.45, 7) is 2.01. The maximum absolute atomic E-state index is 12.3. The Hall–Kier alpha value is -3.19. The minimum atomic E-state index is -0.204. The normalized spacial score (nSPS) is 10.3. The fraction of sp³-hybridized carbons (Fsp3) is 0.150. The number of aromatic nitrogens is 1. The molecule has 6 nitrogen and oxygen atoms in total. The summed E-state index contributed by atoms with van der Waals surface area (Å²) < 4.78 is 0. The highest BCUT2D eigenvalue weighted by Gasteiger charge is 2.10. The Balaban J connectivity index is 1.65. The molecule has 0 radical (unpaired) electrons. The highest BCUT2D eigenvalue weighted by atomic mass is 32.1. The predicted molar refractivity (Wildman–Crippen MR) is 109 cm³/mol. The van der Waals surface area contributed by atoms with Crippen molar-refractivity contribution in [1.82, 2.24) is 10.3 Å². The van der Waals surface area contributed by atoms with Crippen LogP contribution in [0.25, 0.3) is 11.3 Å². The number of carbonyl (C=O) groups is 2. The lowest BCUT2D eigenvalue weighted by molar-refractivity contribution is -0.114. The minimum Gasteiger partial charge on any atom is -0.376 e. The molecule has 0 fully saturated rings. The van der Waals surface area contributed by atoms with Crippen LogP contribution in [0.2, 0.25) is 0 Å². The van der Waals surface area contributed by atoms with Gasteiger partial charge in [0, 0.05) is 29.4 Å². The lowest BCUT2D eigenvalue weighted by atomic mass is 10.1. The first kappa shape index (κ1) is 18.6. The van der Waals surface area contributed by atoms with Gasteiger partial charge in [-0.05, 0) is 31.2 Å². The van der Waals surface area contributed by atoms with E-state index in [9.17, 15) is 9.59 Å². The van der Waals surface area contributed by atoms with Crippen molar-refractivity contribution in [3.05, 3.63) is 64.5 Å². The largest absolute Gasteiger partial charge is 0.376 e. The third-order valence-corrected chi connectivity index (χ3v) is 4.67. The van der Waals surface area contributed by atoms with Crippen LogP contribution in [0.4, 0.5) is 11.4 Å². The Bertz CT molecular complexity index is 968. The van der Waals surface area contributed by atoms with Crippen molar-refractivity contribution >= 4 is 34.5 Å². The van der Waals surface area contributed by atoms with E-state index in [2.05, 4.69) is 20.9 Å². The summed E-state index contributed by atoms with van der Waals surface area (Å²) >= 11 is 1.59. The summed E-state index contributed by atoms with van der Waals surface area (Å²) in [5.74, 6) is -0.405. The van der Waals surface area contributed by atoms with E-state index in [4.69, 9.17) is 0 Å². The van der Waals surface area contributed by atoms with Crippen LogP contribution in [0.3, 0.4) is 0 Å². The number of amides is 2. The van der Waals surface area contributed by atoms with Gasteiger partial charge in [0.05, 0.1) is 22.8 Å². The second kappa shape index (κ2) is 8.46. The SMILES string of the molecule is CNC(=O)c1ccccc1NCC(=O)Nc1cccc(-c2csc(C)n2)c1. The number of rotatable bonds is 6. The molecule has 3 rings (SSSR count). The van der Waals surface area contributed by atoms with Gasteiger partial charge in [0.25, 0.3) is 5.91 Å². The van der Waals surface area contributed by atoms with E-state index in [1.54, 1.807) is 36.6 Å². The quantitative estimate of drug-likeness (QED) is 0.611. The fourth-order valence-electron chi connectivity index (χ4n) is 2.60. The van der Waals surface area contributed by atoms with Crippen molar-refractivity contribution in [3.8, 4) is 11.3 Å². The van der Waals surface area contributed by atoms with E-state index in [-0.39, 0.29) is 18.4 Å². The summed E-state index contributed by atoms with van der Waals surface area (Å²) in [5.41, 5.74) is 3.65. The third-order valence-electron chi connectivity index (χ3n) is 3.90. The Labute approximate surface area is 161 Å². The Morgan fingerprint density at radius 2 is 1.93 bits per heavy atom. The Kier molecular flexibility index (Phi) is 5.83. The van der Waals surface area contributed by atoms with Crippen molar-refractivity contribution in [2.45, 2.75) is 6.92 Å². The summed E-state index contributed by atoms with van der Waals surface area (Å²) in [5, 5.41) is 11.5. The van der Waals surface area contributed by atoms with Crippen molar-refractivity contribution in [2.24, 2.45) is 0 Å². The maximum Gasteiger partial charge on any atom is 0.253 e. The highest BCUT2D eigenvalue weighted by molar-refractivity contribution is 7.09. The van der Waals surface area contributed by atoms with Crippen molar-refractivity contribution < 1.29 is 9.59 Å². The number of nitrogens with zero attached hydrogens (tertiary/aromatic N) is 1. The topological polar surface area (TPSA) is 83.1 Å². The number of aryl methyl sites for hydroxylation is 1. The molecule has 0 bridgehead atoms. The lowest BCUT2D eigenvalue weighted by Gasteiger charge is -2.11. The number of hydrogen-bond donors (Lipinski definition) is 3. The van der Waals surface area contributed by atoms with Gasteiger partial charge < -0.3 is 16.0 Å². The molecule has 1 aromatic heterocycles. The standard InChI is InChI=1S/C20H20N4O2S/c1-13-23-18(12-27-13)14-6-5-7-15(10-14)24-19(25)11-22-17-9-4-3-8-16(17)20(26)21-2/h3-10,12,22H,11H2,1-2H3,(H,21,26)(H,24,25). The molecule has 0 saturated heterocycles. The van der Waals surface area contributed by atoms with Gasteiger partial charge in [0.15, 0.2) is 0 Å². The van der Waals surface area contributed by atoms with Gasteiger partial charge >= 0.3 is 0 Å². The van der Waals surface area contributed by atoms with Gasteiger partial charge in [0.1, 0.15) is 0 Å². The van der Waals surface area contributed by atoms with E-state index in [0.717, 1.165) is 16.3 Å². The fourth-order valence-corrected chi connectivity index (χ4v) is 3.22. The van der Waals surface area contributed by atoms with Crippen LogP contribution in [0.15, 0.2) is 53.9 Å². The summed E-state index contributed by atoms with van der Waals surface area (Å²) in [4.78, 5) is 28.7. The van der Waals surface area contributed by atoms with Crippen LogP contribution in [-0.4, -0.2) is 30.4 Å². The molecule has 2 amide bonds. The average molecular weight is 380 g/mol. The van der Waals surface area contributed by atoms with Crippen LogP contribution in [0, 0.1) is 6.92 Å². The molecule has 7 heteroatoms. The van der Waals surface area contributed by atoms with Gasteiger partial charge in [-0.2, -0.15) is 0 Å². The molecule has 138 valence electrons. The molecular weight excluding hydrogens is 360 g/mol. The lowest BCUT2D eigenvalue weighted by Crippen LogP contribution is -2.24. The second-order valence-corrected chi connectivity index (χ2v) is 6.92. The zero-order chi connectivity index (χ0) is 19.2. The number of anilines is 2. The minimum absolute atomic E-state index is 0.0496.